The van der Waals surface area contributed by atoms with Crippen LogP contribution in [0.25, 0.3) is 11.1 Å². The van der Waals surface area contributed by atoms with Crippen molar-refractivity contribution in [3.8, 4) is 22.6 Å². The SMILES string of the molecule is C=CC(=O)Oc1c(F)cc(-c2ccc(OC(O)C=C)c(F)c2F)cc1F. The van der Waals surface area contributed by atoms with Crippen LogP contribution in [0, 0.1) is 23.3 Å². The highest BCUT2D eigenvalue weighted by Gasteiger charge is 2.21. The molecule has 1 atom stereocenters. The van der Waals surface area contributed by atoms with Crippen LogP contribution in [0.2, 0.25) is 0 Å². The normalized spacial score (nSPS) is 11.6. The Morgan fingerprint density at radius 3 is 2.23 bits per heavy atom. The number of hydrogen-bond acceptors (Lipinski definition) is 4. The van der Waals surface area contributed by atoms with Crippen molar-refractivity contribution in [3.05, 3.63) is 72.8 Å². The lowest BCUT2D eigenvalue weighted by Crippen LogP contribution is -2.13. The number of hydrogen-bond donors (Lipinski definition) is 1. The Morgan fingerprint density at radius 1 is 1.08 bits per heavy atom. The molecule has 8 heteroatoms. The largest absolute Gasteiger partial charge is 0.458 e. The van der Waals surface area contributed by atoms with Gasteiger partial charge in [0.15, 0.2) is 23.2 Å². The Bertz CT molecular complexity index is 857. The number of esters is 1. The minimum absolute atomic E-state index is 0.342. The maximum Gasteiger partial charge on any atom is 0.335 e. The second-order valence-electron chi connectivity index (χ2n) is 4.88. The standard InChI is InChI=1S/C18H12F4O4/c1-3-14(23)25-13-6-5-10(16(21)17(13)22)9-7-11(19)18(12(20)8-9)26-15(24)4-2/h3-8,14,23H,1-2H2. The fourth-order valence-corrected chi connectivity index (χ4v) is 1.98. The fraction of sp³-hybridized carbons (Fsp3) is 0.0556. The number of aliphatic hydroxyl groups is 1. The topological polar surface area (TPSA) is 55.8 Å². The molecule has 0 fully saturated rings. The van der Waals surface area contributed by atoms with Gasteiger partial charge in [0.2, 0.25) is 17.9 Å². The molecule has 1 unspecified atom stereocenters. The molecule has 0 saturated heterocycles. The summed E-state index contributed by atoms with van der Waals surface area (Å²) in [6.07, 6.45) is 0.0841. The predicted octanol–water partition coefficient (Wildman–Crippen LogP) is 3.88. The van der Waals surface area contributed by atoms with E-state index in [1.54, 1.807) is 0 Å². The van der Waals surface area contributed by atoms with E-state index in [0.717, 1.165) is 18.2 Å². The average molecular weight is 368 g/mol. The number of aliphatic hydroxyl groups excluding tert-OH is 1. The highest BCUT2D eigenvalue weighted by atomic mass is 19.2. The molecule has 2 rings (SSSR count). The minimum Gasteiger partial charge on any atom is -0.458 e. The van der Waals surface area contributed by atoms with Crippen LogP contribution in [0.5, 0.6) is 11.5 Å². The van der Waals surface area contributed by atoms with Crippen molar-refractivity contribution in [2.24, 2.45) is 0 Å². The smallest absolute Gasteiger partial charge is 0.335 e. The van der Waals surface area contributed by atoms with Crippen molar-refractivity contribution in [1.29, 1.82) is 0 Å². The van der Waals surface area contributed by atoms with Gasteiger partial charge in [-0.3, -0.25) is 0 Å². The van der Waals surface area contributed by atoms with Gasteiger partial charge in [-0.2, -0.15) is 4.39 Å². The first kappa shape index (κ1) is 19.2. The van der Waals surface area contributed by atoms with Gasteiger partial charge in [0.25, 0.3) is 0 Å². The second-order valence-corrected chi connectivity index (χ2v) is 4.88. The Hall–Kier alpha value is -3.13. The van der Waals surface area contributed by atoms with E-state index in [9.17, 15) is 27.5 Å². The summed E-state index contributed by atoms with van der Waals surface area (Å²) >= 11 is 0. The molecule has 0 aliphatic carbocycles. The highest BCUT2D eigenvalue weighted by Crippen LogP contribution is 2.34. The first-order valence-electron chi connectivity index (χ1n) is 7.07. The molecule has 1 N–H and O–H groups in total. The summed E-state index contributed by atoms with van der Waals surface area (Å²) < 4.78 is 65.3. The van der Waals surface area contributed by atoms with Crippen LogP contribution in [0.1, 0.15) is 0 Å². The third kappa shape index (κ3) is 3.92. The molecule has 4 nitrogen and oxygen atoms in total. The third-order valence-corrected chi connectivity index (χ3v) is 3.17. The van der Waals surface area contributed by atoms with E-state index in [1.807, 2.05) is 0 Å². The third-order valence-electron chi connectivity index (χ3n) is 3.17. The molecule has 0 bridgehead atoms. The van der Waals surface area contributed by atoms with Crippen molar-refractivity contribution in [2.45, 2.75) is 6.29 Å². The quantitative estimate of drug-likeness (QED) is 0.210. The van der Waals surface area contributed by atoms with Gasteiger partial charge in [-0.05, 0) is 35.9 Å². The molecule has 0 aliphatic rings. The summed E-state index contributed by atoms with van der Waals surface area (Å²) in [7, 11) is 0. The van der Waals surface area contributed by atoms with Crippen LogP contribution in [-0.4, -0.2) is 17.4 Å². The lowest BCUT2D eigenvalue weighted by atomic mass is 10.0. The summed E-state index contributed by atoms with van der Waals surface area (Å²) in [6.45, 7) is 6.30. The van der Waals surface area contributed by atoms with Crippen molar-refractivity contribution in [2.75, 3.05) is 0 Å². The van der Waals surface area contributed by atoms with Gasteiger partial charge in [0, 0.05) is 11.6 Å². The van der Waals surface area contributed by atoms with Gasteiger partial charge in [-0.15, -0.1) is 0 Å². The lowest BCUT2D eigenvalue weighted by Gasteiger charge is -2.13. The van der Waals surface area contributed by atoms with Crippen molar-refractivity contribution >= 4 is 5.97 Å². The van der Waals surface area contributed by atoms with Crippen molar-refractivity contribution in [1.82, 2.24) is 0 Å². The first-order valence-corrected chi connectivity index (χ1v) is 7.07. The van der Waals surface area contributed by atoms with E-state index >= 15 is 0 Å². The highest BCUT2D eigenvalue weighted by molar-refractivity contribution is 5.83. The lowest BCUT2D eigenvalue weighted by molar-refractivity contribution is -0.129. The number of benzene rings is 2. The van der Waals surface area contributed by atoms with E-state index in [0.29, 0.717) is 18.2 Å². The van der Waals surface area contributed by atoms with Crippen LogP contribution in [0.3, 0.4) is 0 Å². The molecule has 0 amide bonds. The van der Waals surface area contributed by atoms with Crippen LogP contribution < -0.4 is 9.47 Å². The molecule has 2 aromatic carbocycles. The average Bonchev–Trinajstić information content (AvgIpc) is 2.61. The van der Waals surface area contributed by atoms with E-state index in [4.69, 9.17) is 4.74 Å². The van der Waals surface area contributed by atoms with E-state index in [-0.39, 0.29) is 5.56 Å². The number of carbonyl (C=O) groups is 1. The molecule has 26 heavy (non-hydrogen) atoms. The molecule has 0 spiro atoms. The van der Waals surface area contributed by atoms with E-state index in [2.05, 4.69) is 17.9 Å². The van der Waals surface area contributed by atoms with Gasteiger partial charge in [-0.1, -0.05) is 13.2 Å². The number of rotatable bonds is 6. The molecular weight excluding hydrogens is 356 g/mol. The first-order chi connectivity index (χ1) is 12.3. The summed E-state index contributed by atoms with van der Waals surface area (Å²) in [5.74, 6) is -8.20. The minimum atomic E-state index is -1.57. The number of ether oxygens (including phenoxy) is 2. The maximum atomic E-state index is 14.2. The molecule has 136 valence electrons. The van der Waals surface area contributed by atoms with Crippen LogP contribution in [-0.2, 0) is 4.79 Å². The summed E-state index contributed by atoms with van der Waals surface area (Å²) in [4.78, 5) is 11.1. The Kier molecular flexibility index (Phi) is 5.78. The van der Waals surface area contributed by atoms with Crippen molar-refractivity contribution < 1.29 is 36.9 Å². The van der Waals surface area contributed by atoms with Crippen molar-refractivity contribution in [3.63, 3.8) is 0 Å². The summed E-state index contributed by atoms with van der Waals surface area (Å²) in [5, 5.41) is 9.23. The van der Waals surface area contributed by atoms with Gasteiger partial charge >= 0.3 is 5.97 Å². The zero-order chi connectivity index (χ0) is 19.4. The predicted molar refractivity (Wildman–Crippen MR) is 84.4 cm³/mol. The molecule has 0 radical (unpaired) electrons. The van der Waals surface area contributed by atoms with E-state index < -0.39 is 52.6 Å². The van der Waals surface area contributed by atoms with Crippen LogP contribution >= 0.6 is 0 Å². The van der Waals surface area contributed by atoms with Gasteiger partial charge in [-0.25, -0.2) is 18.0 Å². The Morgan fingerprint density at radius 2 is 1.69 bits per heavy atom. The second kappa shape index (κ2) is 7.83. The number of halogens is 4. The van der Waals surface area contributed by atoms with Gasteiger partial charge < -0.3 is 14.6 Å². The fourth-order valence-electron chi connectivity index (χ4n) is 1.98. The van der Waals surface area contributed by atoms with Gasteiger partial charge in [0.05, 0.1) is 0 Å². The molecule has 0 aromatic heterocycles. The molecule has 0 saturated carbocycles. The molecule has 0 aliphatic heterocycles. The Balaban J connectivity index is 2.46. The molecular formula is C18H12F4O4. The number of carbonyl (C=O) groups excluding carboxylic acids is 1. The molecule has 2 aromatic rings. The Labute approximate surface area is 145 Å². The maximum absolute atomic E-state index is 14.2. The van der Waals surface area contributed by atoms with E-state index in [1.165, 1.54) is 0 Å². The van der Waals surface area contributed by atoms with Gasteiger partial charge in [0.1, 0.15) is 0 Å². The molecule has 0 heterocycles. The zero-order valence-corrected chi connectivity index (χ0v) is 13.1. The zero-order valence-electron chi connectivity index (χ0n) is 13.1. The monoisotopic (exact) mass is 368 g/mol. The summed E-state index contributed by atoms with van der Waals surface area (Å²) in [6, 6.07) is 3.33. The summed E-state index contributed by atoms with van der Waals surface area (Å²) in [5.41, 5.74) is -0.812. The van der Waals surface area contributed by atoms with Crippen LogP contribution in [0.15, 0.2) is 49.6 Å². The van der Waals surface area contributed by atoms with Crippen LogP contribution in [0.4, 0.5) is 17.6 Å².